The molecule has 0 aromatic heterocycles. The molecule has 2 nitrogen and oxygen atoms in total. The molecule has 0 aliphatic heterocycles. The molecule has 0 aliphatic carbocycles. The predicted octanol–water partition coefficient (Wildman–Crippen LogP) is 1.45. The van der Waals surface area contributed by atoms with Crippen LogP contribution in [0.2, 0.25) is 0 Å². The maximum Gasteiger partial charge on any atom is 0.0171 e. The summed E-state index contributed by atoms with van der Waals surface area (Å²) in [6.45, 7) is 8.14. The van der Waals surface area contributed by atoms with Gasteiger partial charge in [0, 0.05) is 19.3 Å². The first-order valence-electron chi connectivity index (χ1n) is 4.19. The highest BCUT2D eigenvalue weighted by Crippen LogP contribution is 1.98. The Bertz CT molecular complexity index is 110. The van der Waals surface area contributed by atoms with Crippen molar-refractivity contribution in [3.05, 3.63) is 12.3 Å². The van der Waals surface area contributed by atoms with E-state index in [1.165, 1.54) is 12.8 Å². The zero-order valence-electron chi connectivity index (χ0n) is 7.98. The molecule has 0 radical (unpaired) electrons. The van der Waals surface area contributed by atoms with Crippen molar-refractivity contribution in [1.82, 2.24) is 10.2 Å². The van der Waals surface area contributed by atoms with E-state index in [-0.39, 0.29) is 0 Å². The van der Waals surface area contributed by atoms with Crippen LogP contribution >= 0.6 is 0 Å². The largest absolute Gasteiger partial charge is 0.379 e. The van der Waals surface area contributed by atoms with Crippen molar-refractivity contribution in [2.75, 3.05) is 27.2 Å². The zero-order chi connectivity index (χ0) is 8.69. The molecule has 0 saturated carbocycles. The molecule has 0 atom stereocenters. The molecule has 0 heterocycles. The summed E-state index contributed by atoms with van der Waals surface area (Å²) in [6, 6.07) is 0. The van der Waals surface area contributed by atoms with Crippen molar-refractivity contribution in [3.63, 3.8) is 0 Å². The Labute approximate surface area is 70.3 Å². The quantitative estimate of drug-likeness (QED) is 0.586. The summed E-state index contributed by atoms with van der Waals surface area (Å²) in [7, 11) is 4.07. The molecule has 0 fully saturated rings. The van der Waals surface area contributed by atoms with E-state index in [0.29, 0.717) is 0 Å². The van der Waals surface area contributed by atoms with Gasteiger partial charge in [-0.1, -0.05) is 6.58 Å². The average Bonchev–Trinajstić information content (AvgIpc) is 1.97. The van der Waals surface area contributed by atoms with Gasteiger partial charge in [-0.25, -0.2) is 0 Å². The Morgan fingerprint density at radius 3 is 2.55 bits per heavy atom. The van der Waals surface area contributed by atoms with E-state index in [0.717, 1.165) is 18.8 Å². The lowest BCUT2D eigenvalue weighted by Gasteiger charge is -2.18. The number of hydrogen-bond acceptors (Lipinski definition) is 2. The topological polar surface area (TPSA) is 15.3 Å². The van der Waals surface area contributed by atoms with E-state index in [2.05, 4.69) is 23.8 Å². The van der Waals surface area contributed by atoms with Crippen LogP contribution in [-0.4, -0.2) is 32.1 Å². The monoisotopic (exact) mass is 156 g/mol. The second-order valence-electron chi connectivity index (χ2n) is 2.97. The van der Waals surface area contributed by atoms with Crippen LogP contribution in [0.1, 0.15) is 19.8 Å². The molecule has 11 heavy (non-hydrogen) atoms. The maximum atomic E-state index is 3.86. The molecule has 66 valence electrons. The summed E-state index contributed by atoms with van der Waals surface area (Å²) < 4.78 is 0. The van der Waals surface area contributed by atoms with Crippen LogP contribution < -0.4 is 5.32 Å². The third kappa shape index (κ3) is 5.92. The highest BCUT2D eigenvalue weighted by atomic mass is 15.1. The van der Waals surface area contributed by atoms with Gasteiger partial charge >= 0.3 is 0 Å². The van der Waals surface area contributed by atoms with Gasteiger partial charge < -0.3 is 10.2 Å². The molecule has 0 bridgehead atoms. The van der Waals surface area contributed by atoms with Crippen molar-refractivity contribution in [3.8, 4) is 0 Å². The summed E-state index contributed by atoms with van der Waals surface area (Å²) in [4.78, 5) is 2.19. The first kappa shape index (κ1) is 10.5. The molecule has 0 spiro atoms. The minimum absolute atomic E-state index is 1.12. The van der Waals surface area contributed by atoms with Gasteiger partial charge in [0.15, 0.2) is 0 Å². The Balaban J connectivity index is 3.17. The molecule has 0 saturated heterocycles. The first-order chi connectivity index (χ1) is 5.18. The van der Waals surface area contributed by atoms with Gasteiger partial charge in [-0.2, -0.15) is 0 Å². The van der Waals surface area contributed by atoms with E-state index >= 15 is 0 Å². The lowest BCUT2D eigenvalue weighted by Crippen LogP contribution is -2.18. The van der Waals surface area contributed by atoms with Gasteiger partial charge in [-0.3, -0.25) is 0 Å². The molecular formula is C9H20N2. The third-order valence-electron chi connectivity index (χ3n) is 1.82. The van der Waals surface area contributed by atoms with Crippen molar-refractivity contribution >= 4 is 0 Å². The number of nitrogens with one attached hydrogen (secondary N) is 1. The molecule has 2 heteroatoms. The van der Waals surface area contributed by atoms with E-state index in [4.69, 9.17) is 0 Å². The lowest BCUT2D eigenvalue weighted by molar-refractivity contribution is 0.403. The second-order valence-corrected chi connectivity index (χ2v) is 2.97. The maximum absolute atomic E-state index is 3.86. The van der Waals surface area contributed by atoms with Crippen molar-refractivity contribution in [1.29, 1.82) is 0 Å². The summed E-state index contributed by atoms with van der Waals surface area (Å²) in [5.74, 6) is 0. The van der Waals surface area contributed by atoms with Crippen LogP contribution in [-0.2, 0) is 0 Å². The fraction of sp³-hybridized carbons (Fsp3) is 0.778. The van der Waals surface area contributed by atoms with Crippen molar-refractivity contribution < 1.29 is 0 Å². The smallest absolute Gasteiger partial charge is 0.0171 e. The number of unbranched alkanes of at least 4 members (excludes halogenated alkanes) is 1. The number of hydrogen-bond donors (Lipinski definition) is 1. The fourth-order valence-corrected chi connectivity index (χ4v) is 0.842. The lowest BCUT2D eigenvalue weighted by atomic mass is 10.3. The van der Waals surface area contributed by atoms with Crippen LogP contribution in [0.25, 0.3) is 0 Å². The molecule has 0 aromatic rings. The van der Waals surface area contributed by atoms with E-state index in [9.17, 15) is 0 Å². The van der Waals surface area contributed by atoms with Gasteiger partial charge in [-0.05, 0) is 33.4 Å². The SMILES string of the molecule is C=C(C)N(C)CCCCNC. The number of rotatable bonds is 6. The predicted molar refractivity (Wildman–Crippen MR) is 50.6 cm³/mol. The standard InChI is InChI=1S/C9H20N2/c1-9(2)11(4)8-6-5-7-10-3/h10H,1,5-8H2,2-4H3. The molecule has 1 N–H and O–H groups in total. The van der Waals surface area contributed by atoms with Gasteiger partial charge in [0.05, 0.1) is 0 Å². The average molecular weight is 156 g/mol. The van der Waals surface area contributed by atoms with Crippen molar-refractivity contribution in [2.45, 2.75) is 19.8 Å². The third-order valence-corrected chi connectivity index (χ3v) is 1.82. The molecule has 0 rings (SSSR count). The molecular weight excluding hydrogens is 136 g/mol. The summed E-state index contributed by atoms with van der Waals surface area (Å²) in [5.41, 5.74) is 1.15. The van der Waals surface area contributed by atoms with Crippen LogP contribution in [0.4, 0.5) is 0 Å². The Kier molecular flexibility index (Phi) is 5.94. The van der Waals surface area contributed by atoms with Crippen LogP contribution in [0.3, 0.4) is 0 Å². The Hall–Kier alpha value is -0.500. The van der Waals surface area contributed by atoms with Crippen LogP contribution in [0.15, 0.2) is 12.3 Å². The minimum atomic E-state index is 1.12. The second kappa shape index (κ2) is 6.23. The summed E-state index contributed by atoms with van der Waals surface area (Å²) >= 11 is 0. The summed E-state index contributed by atoms with van der Waals surface area (Å²) in [5, 5.41) is 3.13. The van der Waals surface area contributed by atoms with E-state index in [1.807, 2.05) is 14.0 Å². The Morgan fingerprint density at radius 2 is 2.09 bits per heavy atom. The normalized spacial score (nSPS) is 9.73. The first-order valence-corrected chi connectivity index (χ1v) is 4.19. The van der Waals surface area contributed by atoms with Gasteiger partial charge in [0.1, 0.15) is 0 Å². The van der Waals surface area contributed by atoms with Crippen LogP contribution in [0.5, 0.6) is 0 Å². The highest BCUT2D eigenvalue weighted by Gasteiger charge is 1.94. The molecule has 0 unspecified atom stereocenters. The minimum Gasteiger partial charge on any atom is -0.379 e. The van der Waals surface area contributed by atoms with Gasteiger partial charge in [-0.15, -0.1) is 0 Å². The molecule has 0 aromatic carbocycles. The highest BCUT2D eigenvalue weighted by molar-refractivity contribution is 4.85. The molecule has 0 amide bonds. The van der Waals surface area contributed by atoms with Gasteiger partial charge in [0.2, 0.25) is 0 Å². The van der Waals surface area contributed by atoms with E-state index in [1.54, 1.807) is 0 Å². The fourth-order valence-electron chi connectivity index (χ4n) is 0.842. The van der Waals surface area contributed by atoms with Crippen molar-refractivity contribution in [2.24, 2.45) is 0 Å². The van der Waals surface area contributed by atoms with Crippen LogP contribution in [0, 0.1) is 0 Å². The zero-order valence-corrected chi connectivity index (χ0v) is 7.98. The number of allylic oxidation sites excluding steroid dienone is 1. The Morgan fingerprint density at radius 1 is 1.45 bits per heavy atom. The van der Waals surface area contributed by atoms with Gasteiger partial charge in [0.25, 0.3) is 0 Å². The van der Waals surface area contributed by atoms with E-state index < -0.39 is 0 Å². The number of nitrogens with zero attached hydrogens (tertiary/aromatic N) is 1. The molecule has 0 aliphatic rings. The summed E-state index contributed by atoms with van der Waals surface area (Å²) in [6.07, 6.45) is 2.48.